The fourth-order valence-corrected chi connectivity index (χ4v) is 2.95. The van der Waals surface area contributed by atoms with Gasteiger partial charge in [0.2, 0.25) is 5.91 Å². The standard InChI is InChI=1S/C20H23N3O3/c1-3-7-19(24)21-15-9-6-10-16(13(15)2)22-20(25)23-17-12-26-18-11-5-4-8-14(17)18/h4-6,8-11,17H,3,7,12H2,1-2H3,(H,21,24)(H2,22,23,25)/t17-/m1/s1. The van der Waals surface area contributed by atoms with E-state index in [-0.39, 0.29) is 18.0 Å². The van der Waals surface area contributed by atoms with E-state index >= 15 is 0 Å². The lowest BCUT2D eigenvalue weighted by atomic mass is 10.1. The number of carbonyl (C=O) groups excluding carboxylic acids is 2. The molecule has 1 atom stereocenters. The van der Waals surface area contributed by atoms with E-state index in [1.807, 2.05) is 50.2 Å². The topological polar surface area (TPSA) is 79.5 Å². The maximum atomic E-state index is 12.4. The number of para-hydroxylation sites is 1. The second-order valence-electron chi connectivity index (χ2n) is 6.28. The van der Waals surface area contributed by atoms with E-state index in [4.69, 9.17) is 4.74 Å². The largest absolute Gasteiger partial charge is 0.491 e. The number of anilines is 2. The third-order valence-corrected chi connectivity index (χ3v) is 4.34. The van der Waals surface area contributed by atoms with Crippen molar-refractivity contribution in [2.24, 2.45) is 0 Å². The summed E-state index contributed by atoms with van der Waals surface area (Å²) in [6.45, 7) is 4.24. The maximum absolute atomic E-state index is 12.4. The molecule has 1 heterocycles. The molecule has 0 bridgehead atoms. The number of benzene rings is 2. The van der Waals surface area contributed by atoms with E-state index in [2.05, 4.69) is 16.0 Å². The summed E-state index contributed by atoms with van der Waals surface area (Å²) in [6.07, 6.45) is 1.26. The van der Waals surface area contributed by atoms with Crippen molar-refractivity contribution < 1.29 is 14.3 Å². The molecule has 26 heavy (non-hydrogen) atoms. The second-order valence-corrected chi connectivity index (χ2v) is 6.28. The molecule has 0 saturated heterocycles. The highest BCUT2D eigenvalue weighted by molar-refractivity contribution is 5.95. The van der Waals surface area contributed by atoms with Gasteiger partial charge in [0.05, 0.1) is 6.04 Å². The molecule has 3 N–H and O–H groups in total. The Hall–Kier alpha value is -3.02. The first-order valence-corrected chi connectivity index (χ1v) is 8.77. The molecular formula is C20H23N3O3. The highest BCUT2D eigenvalue weighted by Crippen LogP contribution is 2.31. The molecule has 2 aromatic carbocycles. The Morgan fingerprint density at radius 2 is 1.81 bits per heavy atom. The number of fused-ring (bicyclic) bond motifs is 1. The monoisotopic (exact) mass is 353 g/mol. The average molecular weight is 353 g/mol. The molecule has 6 nitrogen and oxygen atoms in total. The second kappa shape index (κ2) is 7.91. The zero-order valence-electron chi connectivity index (χ0n) is 15.0. The minimum absolute atomic E-state index is 0.0306. The van der Waals surface area contributed by atoms with Gasteiger partial charge in [0.25, 0.3) is 0 Å². The number of amides is 3. The lowest BCUT2D eigenvalue weighted by Gasteiger charge is -2.16. The number of urea groups is 1. The van der Waals surface area contributed by atoms with E-state index in [9.17, 15) is 9.59 Å². The van der Waals surface area contributed by atoms with Gasteiger partial charge < -0.3 is 20.7 Å². The summed E-state index contributed by atoms with van der Waals surface area (Å²) in [6, 6.07) is 12.6. The molecular weight excluding hydrogens is 330 g/mol. The molecule has 3 rings (SSSR count). The first-order valence-electron chi connectivity index (χ1n) is 8.77. The van der Waals surface area contributed by atoms with E-state index in [0.717, 1.165) is 23.3 Å². The van der Waals surface area contributed by atoms with Gasteiger partial charge >= 0.3 is 6.03 Å². The number of hydrogen-bond donors (Lipinski definition) is 3. The SMILES string of the molecule is CCCC(=O)Nc1cccc(NC(=O)N[C@@H]2COc3ccccc32)c1C. The molecule has 6 heteroatoms. The Labute approximate surface area is 152 Å². The van der Waals surface area contributed by atoms with Crippen molar-refractivity contribution in [3.8, 4) is 5.75 Å². The van der Waals surface area contributed by atoms with Crippen LogP contribution in [0.15, 0.2) is 42.5 Å². The van der Waals surface area contributed by atoms with Gasteiger partial charge in [0.1, 0.15) is 12.4 Å². The smallest absolute Gasteiger partial charge is 0.319 e. The van der Waals surface area contributed by atoms with Crippen molar-refractivity contribution in [1.29, 1.82) is 0 Å². The molecule has 0 spiro atoms. The molecule has 0 aliphatic carbocycles. The molecule has 0 saturated carbocycles. The Balaban J connectivity index is 1.66. The van der Waals surface area contributed by atoms with Crippen LogP contribution in [-0.2, 0) is 4.79 Å². The van der Waals surface area contributed by atoms with Crippen molar-refractivity contribution >= 4 is 23.3 Å². The Bertz CT molecular complexity index is 820. The number of rotatable bonds is 5. The number of hydrogen-bond acceptors (Lipinski definition) is 3. The van der Waals surface area contributed by atoms with Crippen LogP contribution in [-0.4, -0.2) is 18.5 Å². The molecule has 1 aliphatic rings. The highest BCUT2D eigenvalue weighted by Gasteiger charge is 2.25. The Morgan fingerprint density at radius 3 is 2.58 bits per heavy atom. The van der Waals surface area contributed by atoms with E-state index < -0.39 is 0 Å². The molecule has 0 radical (unpaired) electrons. The van der Waals surface area contributed by atoms with E-state index in [0.29, 0.717) is 24.4 Å². The van der Waals surface area contributed by atoms with Gasteiger partial charge in [-0.2, -0.15) is 0 Å². The van der Waals surface area contributed by atoms with Gasteiger partial charge in [-0.25, -0.2) is 4.79 Å². The maximum Gasteiger partial charge on any atom is 0.319 e. The summed E-state index contributed by atoms with van der Waals surface area (Å²) in [5.41, 5.74) is 3.15. The van der Waals surface area contributed by atoms with Crippen LogP contribution < -0.4 is 20.7 Å². The fourth-order valence-electron chi connectivity index (χ4n) is 2.95. The number of ether oxygens (including phenoxy) is 1. The van der Waals surface area contributed by atoms with E-state index in [1.54, 1.807) is 6.07 Å². The number of nitrogens with one attached hydrogen (secondary N) is 3. The van der Waals surface area contributed by atoms with E-state index in [1.165, 1.54) is 0 Å². The van der Waals surface area contributed by atoms with Gasteiger partial charge in [0, 0.05) is 23.4 Å². The summed E-state index contributed by atoms with van der Waals surface area (Å²) in [5.74, 6) is 0.770. The lowest BCUT2D eigenvalue weighted by molar-refractivity contribution is -0.116. The van der Waals surface area contributed by atoms with Crippen LogP contribution in [0, 0.1) is 6.92 Å². The average Bonchev–Trinajstić information content (AvgIpc) is 3.02. The third kappa shape index (κ3) is 3.96. The molecule has 1 aliphatic heterocycles. The first kappa shape index (κ1) is 17.8. The zero-order valence-corrected chi connectivity index (χ0v) is 15.0. The fraction of sp³-hybridized carbons (Fsp3) is 0.300. The van der Waals surface area contributed by atoms with Crippen LogP contribution in [0.5, 0.6) is 5.75 Å². The number of carbonyl (C=O) groups is 2. The van der Waals surface area contributed by atoms with Crippen molar-refractivity contribution in [3.63, 3.8) is 0 Å². The summed E-state index contributed by atoms with van der Waals surface area (Å²) in [5, 5.41) is 8.67. The third-order valence-electron chi connectivity index (χ3n) is 4.34. The Morgan fingerprint density at radius 1 is 1.08 bits per heavy atom. The van der Waals surface area contributed by atoms with Crippen LogP contribution in [0.3, 0.4) is 0 Å². The summed E-state index contributed by atoms with van der Waals surface area (Å²) in [7, 11) is 0. The van der Waals surface area contributed by atoms with Crippen molar-refractivity contribution in [1.82, 2.24) is 5.32 Å². The normalized spacial score (nSPS) is 14.9. The summed E-state index contributed by atoms with van der Waals surface area (Å²) in [4.78, 5) is 24.2. The van der Waals surface area contributed by atoms with Crippen LogP contribution in [0.25, 0.3) is 0 Å². The van der Waals surface area contributed by atoms with Crippen LogP contribution in [0.1, 0.15) is 36.9 Å². The van der Waals surface area contributed by atoms with Crippen molar-refractivity contribution in [2.45, 2.75) is 32.7 Å². The Kier molecular flexibility index (Phi) is 5.41. The van der Waals surface area contributed by atoms with Gasteiger partial charge in [-0.05, 0) is 37.1 Å². The highest BCUT2D eigenvalue weighted by atomic mass is 16.5. The predicted octanol–water partition coefficient (Wildman–Crippen LogP) is 3.99. The molecule has 0 fully saturated rings. The van der Waals surface area contributed by atoms with Gasteiger partial charge in [-0.1, -0.05) is 31.2 Å². The molecule has 0 unspecified atom stereocenters. The summed E-state index contributed by atoms with van der Waals surface area (Å²) < 4.78 is 5.58. The van der Waals surface area contributed by atoms with Crippen molar-refractivity contribution in [2.75, 3.05) is 17.2 Å². The molecule has 136 valence electrons. The van der Waals surface area contributed by atoms with Gasteiger partial charge in [0.15, 0.2) is 0 Å². The predicted molar refractivity (Wildman–Crippen MR) is 102 cm³/mol. The quantitative estimate of drug-likeness (QED) is 0.760. The lowest BCUT2D eigenvalue weighted by Crippen LogP contribution is -2.33. The van der Waals surface area contributed by atoms with Gasteiger partial charge in [-0.15, -0.1) is 0 Å². The van der Waals surface area contributed by atoms with Crippen LogP contribution in [0.4, 0.5) is 16.2 Å². The molecule has 2 aromatic rings. The minimum atomic E-state index is -0.310. The molecule has 3 amide bonds. The summed E-state index contributed by atoms with van der Waals surface area (Å²) >= 11 is 0. The van der Waals surface area contributed by atoms with Crippen LogP contribution >= 0.6 is 0 Å². The minimum Gasteiger partial charge on any atom is -0.491 e. The van der Waals surface area contributed by atoms with Crippen LogP contribution in [0.2, 0.25) is 0 Å². The van der Waals surface area contributed by atoms with Crippen molar-refractivity contribution in [3.05, 3.63) is 53.6 Å². The molecule has 0 aromatic heterocycles. The van der Waals surface area contributed by atoms with Gasteiger partial charge in [-0.3, -0.25) is 4.79 Å². The zero-order chi connectivity index (χ0) is 18.5. The first-order chi connectivity index (χ1) is 12.6.